The molecule has 0 saturated carbocycles. The van der Waals surface area contributed by atoms with Gasteiger partial charge in [-0.15, -0.1) is 0 Å². The van der Waals surface area contributed by atoms with Crippen LogP contribution in [0.15, 0.2) is 6.07 Å². The number of halogens is 1. The van der Waals surface area contributed by atoms with Crippen molar-refractivity contribution in [3.8, 4) is 0 Å². The van der Waals surface area contributed by atoms with Crippen molar-refractivity contribution in [2.75, 3.05) is 18.0 Å². The summed E-state index contributed by atoms with van der Waals surface area (Å²) in [7, 11) is 0. The summed E-state index contributed by atoms with van der Waals surface area (Å²) in [5.41, 5.74) is -0.446. The molecule has 0 aromatic carbocycles. The monoisotopic (exact) mass is 416 g/mol. The maximum atomic E-state index is 12.3. The topological polar surface area (TPSA) is 58.6 Å². The molecular weight excluding hydrogens is 395 g/mol. The second-order valence-electron chi connectivity index (χ2n) is 6.92. The average Bonchev–Trinajstić information content (AvgIpc) is 2.94. The zero-order valence-electron chi connectivity index (χ0n) is 13.3. The largest absolute Gasteiger partial charge is 0.444 e. The fourth-order valence-corrected chi connectivity index (χ4v) is 3.78. The minimum absolute atomic E-state index is 0.201. The minimum atomic E-state index is -0.446. The van der Waals surface area contributed by atoms with E-state index < -0.39 is 5.60 Å². The summed E-state index contributed by atoms with van der Waals surface area (Å²) in [5.74, 6) is 1.75. The number of hydrogen-bond acceptors (Lipinski definition) is 5. The molecular formula is C15H21IN4O2. The van der Waals surface area contributed by atoms with E-state index in [9.17, 15) is 4.79 Å². The molecule has 0 unspecified atom stereocenters. The van der Waals surface area contributed by atoms with Crippen LogP contribution in [0.4, 0.5) is 10.6 Å². The highest BCUT2D eigenvalue weighted by molar-refractivity contribution is 14.1. The van der Waals surface area contributed by atoms with Gasteiger partial charge in [-0.25, -0.2) is 14.8 Å². The van der Waals surface area contributed by atoms with E-state index in [0.29, 0.717) is 12.6 Å². The van der Waals surface area contributed by atoms with Gasteiger partial charge in [0.25, 0.3) is 0 Å². The summed E-state index contributed by atoms with van der Waals surface area (Å²) in [5, 5.41) is 0. The van der Waals surface area contributed by atoms with Gasteiger partial charge in [0.1, 0.15) is 20.9 Å². The Balaban J connectivity index is 1.70. The molecule has 1 amide bonds. The van der Waals surface area contributed by atoms with Crippen LogP contribution < -0.4 is 4.90 Å². The van der Waals surface area contributed by atoms with E-state index in [4.69, 9.17) is 4.74 Å². The smallest absolute Gasteiger partial charge is 0.410 e. The van der Waals surface area contributed by atoms with Crippen molar-refractivity contribution in [3.05, 3.63) is 15.6 Å². The number of carbonyl (C=O) groups excluding carboxylic acids is 1. The summed E-state index contributed by atoms with van der Waals surface area (Å²) in [6.07, 6.45) is 0.784. The third-order valence-electron chi connectivity index (χ3n) is 3.96. The van der Waals surface area contributed by atoms with Crippen molar-refractivity contribution in [2.24, 2.45) is 0 Å². The zero-order chi connectivity index (χ0) is 16.1. The Bertz CT molecular complexity index is 581. The lowest BCUT2D eigenvalue weighted by molar-refractivity contribution is 0.0214. The van der Waals surface area contributed by atoms with Crippen molar-refractivity contribution in [2.45, 2.75) is 51.8 Å². The maximum Gasteiger partial charge on any atom is 0.410 e. The Hall–Kier alpha value is -1.12. The number of hydrogen-bond donors (Lipinski definition) is 0. The first-order valence-electron chi connectivity index (χ1n) is 7.50. The molecule has 2 bridgehead atoms. The molecule has 0 spiro atoms. The predicted octanol–water partition coefficient (Wildman–Crippen LogP) is 2.59. The van der Waals surface area contributed by atoms with Gasteiger partial charge in [0.05, 0.1) is 12.1 Å². The lowest BCUT2D eigenvalue weighted by atomic mass is 10.2. The second kappa shape index (κ2) is 5.50. The first kappa shape index (κ1) is 15.8. The molecule has 2 aliphatic heterocycles. The van der Waals surface area contributed by atoms with Gasteiger partial charge in [-0.3, -0.25) is 0 Å². The van der Waals surface area contributed by atoms with E-state index in [2.05, 4.69) is 37.5 Å². The van der Waals surface area contributed by atoms with Crippen LogP contribution in [-0.2, 0) is 4.74 Å². The number of aromatic nitrogens is 2. The molecule has 7 heteroatoms. The number of nitrogens with zero attached hydrogens (tertiary/aromatic N) is 4. The van der Waals surface area contributed by atoms with Crippen LogP contribution in [0, 0.1) is 10.6 Å². The third kappa shape index (κ3) is 3.13. The van der Waals surface area contributed by atoms with E-state index in [1.807, 2.05) is 38.7 Å². The highest BCUT2D eigenvalue weighted by Gasteiger charge is 2.47. The minimum Gasteiger partial charge on any atom is -0.444 e. The standard InChI is InChI=1S/C15H21IN4O2/c1-9-17-12(16)6-13(18-9)19-7-11-5-10(19)8-20(11)14(21)22-15(2,3)4/h6,10-11H,5,7-8H2,1-4H3/t10-,11-/m0/s1. The summed E-state index contributed by atoms with van der Waals surface area (Å²) in [4.78, 5) is 25.3. The summed E-state index contributed by atoms with van der Waals surface area (Å²) in [6, 6.07) is 2.54. The molecule has 1 aromatic heterocycles. The second-order valence-corrected chi connectivity index (χ2v) is 8.03. The highest BCUT2D eigenvalue weighted by Crippen LogP contribution is 2.34. The Morgan fingerprint density at radius 1 is 1.32 bits per heavy atom. The van der Waals surface area contributed by atoms with Crippen molar-refractivity contribution < 1.29 is 9.53 Å². The maximum absolute atomic E-state index is 12.3. The Morgan fingerprint density at radius 3 is 2.59 bits per heavy atom. The van der Waals surface area contributed by atoms with Gasteiger partial charge in [-0.2, -0.15) is 0 Å². The Kier molecular flexibility index (Phi) is 3.94. The molecule has 2 saturated heterocycles. The van der Waals surface area contributed by atoms with E-state index in [1.165, 1.54) is 0 Å². The molecule has 0 N–H and O–H groups in total. The predicted molar refractivity (Wildman–Crippen MR) is 92.0 cm³/mol. The third-order valence-corrected chi connectivity index (χ3v) is 4.51. The quantitative estimate of drug-likeness (QED) is 0.521. The summed E-state index contributed by atoms with van der Waals surface area (Å²) < 4.78 is 6.45. The number of rotatable bonds is 1. The molecule has 120 valence electrons. The van der Waals surface area contributed by atoms with Gasteiger partial charge in [0.2, 0.25) is 0 Å². The molecule has 0 radical (unpaired) electrons. The Morgan fingerprint density at radius 2 is 2.05 bits per heavy atom. The van der Waals surface area contributed by atoms with Crippen molar-refractivity contribution >= 4 is 34.5 Å². The lowest BCUT2D eigenvalue weighted by Gasteiger charge is -2.35. The average molecular weight is 416 g/mol. The fourth-order valence-electron chi connectivity index (χ4n) is 3.16. The first-order chi connectivity index (χ1) is 10.2. The van der Waals surface area contributed by atoms with Crippen LogP contribution >= 0.6 is 22.6 Å². The van der Waals surface area contributed by atoms with Crippen LogP contribution in [0.3, 0.4) is 0 Å². The van der Waals surface area contributed by atoms with Gasteiger partial charge in [-0.05, 0) is 56.7 Å². The van der Waals surface area contributed by atoms with Crippen LogP contribution in [0.25, 0.3) is 0 Å². The molecule has 3 rings (SSSR count). The number of fused-ring (bicyclic) bond motifs is 2. The van der Waals surface area contributed by atoms with Gasteiger partial charge in [0, 0.05) is 19.2 Å². The van der Waals surface area contributed by atoms with Crippen molar-refractivity contribution in [3.63, 3.8) is 0 Å². The number of ether oxygens (including phenoxy) is 1. The summed E-state index contributed by atoms with van der Waals surface area (Å²) in [6.45, 7) is 9.13. The van der Waals surface area contributed by atoms with E-state index in [1.54, 1.807) is 0 Å². The number of amides is 1. The normalized spacial score (nSPS) is 24.0. The molecule has 2 fully saturated rings. The Labute approximate surface area is 144 Å². The molecule has 2 atom stereocenters. The molecule has 22 heavy (non-hydrogen) atoms. The molecule has 6 nitrogen and oxygen atoms in total. The van der Waals surface area contributed by atoms with Crippen molar-refractivity contribution in [1.82, 2.24) is 14.9 Å². The number of piperazine rings is 1. The summed E-state index contributed by atoms with van der Waals surface area (Å²) >= 11 is 2.21. The molecule has 3 heterocycles. The van der Waals surface area contributed by atoms with Gasteiger partial charge in [0.15, 0.2) is 0 Å². The van der Waals surface area contributed by atoms with Crippen molar-refractivity contribution in [1.29, 1.82) is 0 Å². The van der Waals surface area contributed by atoms with Crippen LogP contribution in [0.2, 0.25) is 0 Å². The number of aryl methyl sites for hydroxylation is 1. The van der Waals surface area contributed by atoms with Gasteiger partial charge in [-0.1, -0.05) is 0 Å². The van der Waals surface area contributed by atoms with E-state index in [0.717, 1.165) is 28.3 Å². The first-order valence-corrected chi connectivity index (χ1v) is 8.58. The van der Waals surface area contributed by atoms with Gasteiger partial charge < -0.3 is 14.5 Å². The number of anilines is 1. The fraction of sp³-hybridized carbons (Fsp3) is 0.667. The van der Waals surface area contributed by atoms with Crippen LogP contribution in [0.1, 0.15) is 33.0 Å². The number of carbonyl (C=O) groups is 1. The molecule has 0 aliphatic carbocycles. The zero-order valence-corrected chi connectivity index (χ0v) is 15.5. The molecule has 1 aromatic rings. The van der Waals surface area contributed by atoms with E-state index in [-0.39, 0.29) is 12.1 Å². The lowest BCUT2D eigenvalue weighted by Crippen LogP contribution is -2.50. The molecule has 2 aliphatic rings. The highest BCUT2D eigenvalue weighted by atomic mass is 127. The van der Waals surface area contributed by atoms with Crippen LogP contribution in [0.5, 0.6) is 0 Å². The number of likely N-dealkylation sites (tertiary alicyclic amines) is 1. The van der Waals surface area contributed by atoms with Crippen LogP contribution in [-0.4, -0.2) is 51.7 Å². The SMILES string of the molecule is Cc1nc(I)cc(N2C[C@@H]3C[C@H]2CN3C(=O)OC(C)(C)C)n1. The van der Waals surface area contributed by atoms with E-state index >= 15 is 0 Å². The van der Waals surface area contributed by atoms with Gasteiger partial charge >= 0.3 is 6.09 Å².